The van der Waals surface area contributed by atoms with E-state index in [0.29, 0.717) is 5.75 Å². The molecular formula is C10H14NO5PS. The van der Waals surface area contributed by atoms with Gasteiger partial charge in [-0.25, -0.2) is 0 Å². The van der Waals surface area contributed by atoms with Gasteiger partial charge >= 0.3 is 6.72 Å². The molecule has 8 heteroatoms. The smallest absolute Gasteiger partial charge is 0.380 e. The van der Waals surface area contributed by atoms with Crippen LogP contribution in [0, 0.1) is 10.1 Å². The maximum absolute atomic E-state index is 10.5. The first kappa shape index (κ1) is 15.0. The van der Waals surface area contributed by atoms with Crippen molar-refractivity contribution < 1.29 is 18.5 Å². The summed E-state index contributed by atoms with van der Waals surface area (Å²) in [5.41, 5.74) is -0.0159. The number of nitrogens with zero attached hydrogens (tertiary/aromatic N) is 1. The number of rotatable bonds is 6. The first-order chi connectivity index (χ1) is 8.36. The Labute approximate surface area is 110 Å². The quantitative estimate of drug-likeness (QED) is 0.455. The number of nitro benzene ring substituents is 1. The summed E-state index contributed by atoms with van der Waals surface area (Å²) in [7, 11) is 1.41. The molecule has 1 rings (SSSR count). The van der Waals surface area contributed by atoms with Crippen molar-refractivity contribution in [3.63, 3.8) is 0 Å². The maximum Gasteiger partial charge on any atom is 0.380 e. The lowest BCUT2D eigenvalue weighted by Gasteiger charge is -2.22. The summed E-state index contributed by atoms with van der Waals surface area (Å²) in [4.78, 5) is 10.0. The van der Waals surface area contributed by atoms with Gasteiger partial charge < -0.3 is 9.05 Å². The van der Waals surface area contributed by atoms with E-state index in [2.05, 4.69) is 0 Å². The van der Waals surface area contributed by atoms with Crippen molar-refractivity contribution in [2.45, 2.75) is 20.0 Å². The van der Waals surface area contributed by atoms with Gasteiger partial charge in [-0.2, -0.15) is 0 Å². The third-order valence-electron chi connectivity index (χ3n) is 1.83. The minimum absolute atomic E-state index is 0.0159. The van der Waals surface area contributed by atoms with E-state index in [0.717, 1.165) is 0 Å². The number of benzene rings is 1. The Bertz CT molecular complexity index is 462. The van der Waals surface area contributed by atoms with Gasteiger partial charge in [-0.05, 0) is 26.0 Å². The molecule has 100 valence electrons. The molecule has 0 aromatic heterocycles. The zero-order valence-corrected chi connectivity index (χ0v) is 11.9. The van der Waals surface area contributed by atoms with E-state index in [9.17, 15) is 10.1 Å². The van der Waals surface area contributed by atoms with Crippen LogP contribution in [0.2, 0.25) is 0 Å². The lowest BCUT2D eigenvalue weighted by Crippen LogP contribution is -2.06. The van der Waals surface area contributed by atoms with Crippen molar-refractivity contribution >= 4 is 24.2 Å². The van der Waals surface area contributed by atoms with Gasteiger partial charge in [0, 0.05) is 31.0 Å². The Balaban J connectivity index is 2.82. The molecule has 0 saturated heterocycles. The van der Waals surface area contributed by atoms with Gasteiger partial charge in [-0.15, -0.1) is 0 Å². The summed E-state index contributed by atoms with van der Waals surface area (Å²) in [6, 6.07) is 5.59. The van der Waals surface area contributed by atoms with E-state index in [1.54, 1.807) is 0 Å². The minimum atomic E-state index is -2.85. The Morgan fingerprint density at radius 1 is 1.33 bits per heavy atom. The second-order valence-corrected chi connectivity index (χ2v) is 6.62. The van der Waals surface area contributed by atoms with E-state index in [1.165, 1.54) is 31.4 Å². The Kier molecular flexibility index (Phi) is 5.22. The molecule has 1 aromatic carbocycles. The molecule has 0 aliphatic rings. The molecular weight excluding hydrogens is 277 g/mol. The number of hydrogen-bond acceptors (Lipinski definition) is 6. The fraction of sp³-hybridized carbons (Fsp3) is 0.400. The van der Waals surface area contributed by atoms with Gasteiger partial charge in [0.15, 0.2) is 0 Å². The summed E-state index contributed by atoms with van der Waals surface area (Å²) in [5, 5.41) is 10.5. The first-order valence-corrected chi connectivity index (χ1v) is 7.70. The van der Waals surface area contributed by atoms with Crippen LogP contribution in [-0.2, 0) is 20.9 Å². The van der Waals surface area contributed by atoms with Crippen molar-refractivity contribution in [1.29, 1.82) is 0 Å². The highest BCUT2D eigenvalue weighted by Crippen LogP contribution is 2.50. The Morgan fingerprint density at radius 2 is 1.89 bits per heavy atom. The third-order valence-corrected chi connectivity index (χ3v) is 4.32. The van der Waals surface area contributed by atoms with Crippen molar-refractivity contribution in [3.8, 4) is 5.75 Å². The summed E-state index contributed by atoms with van der Waals surface area (Å²) in [5.74, 6) is 0.381. The monoisotopic (exact) mass is 291 g/mol. The van der Waals surface area contributed by atoms with Crippen molar-refractivity contribution in [1.82, 2.24) is 0 Å². The number of non-ortho nitro benzene ring substituents is 1. The molecule has 18 heavy (non-hydrogen) atoms. The van der Waals surface area contributed by atoms with Crippen LogP contribution in [0.4, 0.5) is 5.69 Å². The molecule has 0 spiro atoms. The summed E-state index contributed by atoms with van der Waals surface area (Å²) in [6.45, 7) is 0.784. The molecule has 1 aromatic rings. The van der Waals surface area contributed by atoms with Crippen molar-refractivity contribution in [2.24, 2.45) is 0 Å². The van der Waals surface area contributed by atoms with Crippen LogP contribution in [0.3, 0.4) is 0 Å². The van der Waals surface area contributed by atoms with Crippen molar-refractivity contribution in [2.75, 3.05) is 7.11 Å². The average molecular weight is 291 g/mol. The predicted octanol–water partition coefficient (Wildman–Crippen LogP) is 3.27. The van der Waals surface area contributed by atoms with Gasteiger partial charge in [0.25, 0.3) is 5.69 Å². The van der Waals surface area contributed by atoms with Crippen LogP contribution in [0.15, 0.2) is 24.3 Å². The van der Waals surface area contributed by atoms with E-state index in [-0.39, 0.29) is 11.8 Å². The minimum Gasteiger partial charge on any atom is -0.424 e. The van der Waals surface area contributed by atoms with Gasteiger partial charge in [0.2, 0.25) is 0 Å². The number of nitro groups is 1. The molecule has 1 unspecified atom stereocenters. The highest BCUT2D eigenvalue weighted by molar-refractivity contribution is 8.07. The highest BCUT2D eigenvalue weighted by Gasteiger charge is 2.22. The van der Waals surface area contributed by atoms with Crippen LogP contribution < -0.4 is 4.52 Å². The normalized spacial score (nSPS) is 14.2. The summed E-state index contributed by atoms with van der Waals surface area (Å²) >= 11 is 5.16. The molecule has 6 nitrogen and oxygen atoms in total. The fourth-order valence-electron chi connectivity index (χ4n) is 1.12. The molecule has 1 atom stereocenters. The van der Waals surface area contributed by atoms with E-state index in [1.807, 2.05) is 13.8 Å². The zero-order chi connectivity index (χ0) is 13.8. The highest BCUT2D eigenvalue weighted by atomic mass is 32.5. The third kappa shape index (κ3) is 4.34. The van der Waals surface area contributed by atoms with Crippen LogP contribution in [0.25, 0.3) is 0 Å². The van der Waals surface area contributed by atoms with Crippen LogP contribution in [0.5, 0.6) is 5.75 Å². The van der Waals surface area contributed by atoms with E-state index < -0.39 is 11.6 Å². The largest absolute Gasteiger partial charge is 0.424 e. The molecule has 0 bridgehead atoms. The SMILES string of the molecule is COP(=S)(Oc1ccc([N+](=O)[O-])cc1)OC(C)C. The second kappa shape index (κ2) is 6.24. The molecule has 0 fully saturated rings. The van der Waals surface area contributed by atoms with Gasteiger partial charge in [0.05, 0.1) is 11.0 Å². The van der Waals surface area contributed by atoms with Crippen LogP contribution in [-0.4, -0.2) is 18.1 Å². The summed E-state index contributed by atoms with van der Waals surface area (Å²) in [6.07, 6.45) is -0.131. The van der Waals surface area contributed by atoms with Gasteiger partial charge in [-0.3, -0.25) is 14.6 Å². The Hall–Kier alpha value is -1.01. The van der Waals surface area contributed by atoms with Crippen LogP contribution in [0.1, 0.15) is 13.8 Å². The lowest BCUT2D eigenvalue weighted by molar-refractivity contribution is -0.384. The molecule has 0 saturated carbocycles. The summed E-state index contributed by atoms with van der Waals surface area (Å²) < 4.78 is 15.9. The zero-order valence-electron chi connectivity index (χ0n) is 10.2. The first-order valence-electron chi connectivity index (χ1n) is 5.14. The van der Waals surface area contributed by atoms with Gasteiger partial charge in [0.1, 0.15) is 5.75 Å². The van der Waals surface area contributed by atoms with E-state index in [4.69, 9.17) is 25.4 Å². The van der Waals surface area contributed by atoms with Crippen molar-refractivity contribution in [3.05, 3.63) is 34.4 Å². The molecule has 0 aliphatic heterocycles. The van der Waals surface area contributed by atoms with Gasteiger partial charge in [-0.1, -0.05) is 0 Å². The molecule has 0 radical (unpaired) electrons. The van der Waals surface area contributed by atoms with Crippen LogP contribution >= 0.6 is 6.72 Å². The average Bonchev–Trinajstić information content (AvgIpc) is 2.28. The fourth-order valence-corrected chi connectivity index (χ4v) is 2.99. The molecule has 0 aliphatic carbocycles. The predicted molar refractivity (Wildman–Crippen MR) is 71.2 cm³/mol. The Morgan fingerprint density at radius 3 is 2.28 bits per heavy atom. The maximum atomic E-state index is 10.5. The second-order valence-electron chi connectivity index (χ2n) is 3.63. The number of hydrogen-bond donors (Lipinski definition) is 0. The standard InChI is InChI=1S/C10H14NO5PS/c1-8(2)15-17(18,14-3)16-10-6-4-9(5-7-10)11(12)13/h4-8H,1-3H3. The van der Waals surface area contributed by atoms with E-state index >= 15 is 0 Å². The topological polar surface area (TPSA) is 70.8 Å². The molecule has 0 N–H and O–H groups in total. The molecule has 0 heterocycles. The molecule has 0 amide bonds. The lowest BCUT2D eigenvalue weighted by atomic mass is 10.3.